The number of carbonyl (C=O) groups excluding carboxylic acids is 4. The molecule has 1 unspecified atom stereocenters. The van der Waals surface area contributed by atoms with E-state index in [4.69, 9.17) is 4.74 Å². The van der Waals surface area contributed by atoms with Gasteiger partial charge in [0.15, 0.2) is 5.78 Å². The maximum absolute atomic E-state index is 13.2. The lowest BCUT2D eigenvalue weighted by atomic mass is 9.91. The van der Waals surface area contributed by atoms with Crippen molar-refractivity contribution < 1.29 is 28.1 Å². The Morgan fingerprint density at radius 2 is 2.03 bits per heavy atom. The lowest BCUT2D eigenvalue weighted by Gasteiger charge is -2.27. The Morgan fingerprint density at radius 3 is 2.63 bits per heavy atom. The predicted octanol–water partition coefficient (Wildman–Crippen LogP) is 2.38. The average Bonchev–Trinajstić information content (AvgIpc) is 3.43. The highest BCUT2D eigenvalue weighted by Crippen LogP contribution is 2.27. The first kappa shape index (κ1) is 26.4. The van der Waals surface area contributed by atoms with E-state index < -0.39 is 33.8 Å². The molecule has 3 N–H and O–H groups in total. The number of aromatic nitrogens is 1. The summed E-state index contributed by atoms with van der Waals surface area (Å²) in [5.74, 6) is -1.50. The van der Waals surface area contributed by atoms with E-state index in [0.29, 0.717) is 30.8 Å². The largest absolute Gasteiger partial charge is 0.496 e. The van der Waals surface area contributed by atoms with E-state index in [1.54, 1.807) is 19.2 Å². The SMILES string of the molecule is COc1cccc2[nH]c(C(=O)C[C@@H](CC(C)C)C(=O)NN(C[C@@H]3CCNC3=O)C(=O)S(C)=O)cc12. The number of aromatic amines is 1. The van der Waals surface area contributed by atoms with Crippen LogP contribution >= 0.6 is 0 Å². The number of nitrogens with one attached hydrogen (secondary N) is 3. The number of nitrogens with zero attached hydrogens (tertiary/aromatic N) is 1. The molecule has 2 heterocycles. The number of fused-ring (bicyclic) bond motifs is 1. The normalized spacial score (nSPS) is 17.2. The van der Waals surface area contributed by atoms with E-state index in [1.807, 2.05) is 26.0 Å². The molecule has 3 rings (SSSR count). The van der Waals surface area contributed by atoms with Crippen LogP contribution in [0.4, 0.5) is 4.79 Å². The summed E-state index contributed by atoms with van der Waals surface area (Å²) in [6.07, 6.45) is 2.05. The molecule has 190 valence electrons. The zero-order valence-electron chi connectivity index (χ0n) is 20.4. The van der Waals surface area contributed by atoms with Gasteiger partial charge in [0.05, 0.1) is 25.3 Å². The molecule has 0 radical (unpaired) electrons. The molecule has 1 aromatic heterocycles. The maximum Gasteiger partial charge on any atom is 0.330 e. The van der Waals surface area contributed by atoms with Gasteiger partial charge in [-0.2, -0.15) is 0 Å². The Hall–Kier alpha value is -3.21. The molecule has 3 amide bonds. The van der Waals surface area contributed by atoms with Gasteiger partial charge in [-0.05, 0) is 37.0 Å². The first-order valence-corrected chi connectivity index (χ1v) is 13.1. The van der Waals surface area contributed by atoms with Gasteiger partial charge < -0.3 is 15.0 Å². The molecular weight excluding hydrogens is 472 g/mol. The van der Waals surface area contributed by atoms with E-state index in [0.717, 1.165) is 15.9 Å². The molecule has 2 aromatic rings. The number of carbonyl (C=O) groups is 4. The van der Waals surface area contributed by atoms with Crippen LogP contribution in [0.5, 0.6) is 5.75 Å². The van der Waals surface area contributed by atoms with E-state index in [1.165, 1.54) is 6.26 Å². The number of H-pyrrole nitrogens is 1. The molecule has 1 aromatic carbocycles. The highest BCUT2D eigenvalue weighted by molar-refractivity contribution is 7.99. The summed E-state index contributed by atoms with van der Waals surface area (Å²) >= 11 is 0. The second-order valence-electron chi connectivity index (χ2n) is 9.14. The molecule has 0 bridgehead atoms. The third-order valence-electron chi connectivity index (χ3n) is 5.98. The van der Waals surface area contributed by atoms with E-state index in [2.05, 4.69) is 15.7 Å². The first-order chi connectivity index (χ1) is 16.6. The maximum atomic E-state index is 13.2. The van der Waals surface area contributed by atoms with Gasteiger partial charge in [0.1, 0.15) is 16.5 Å². The summed E-state index contributed by atoms with van der Waals surface area (Å²) in [4.78, 5) is 53.9. The van der Waals surface area contributed by atoms with Crippen LogP contribution in [-0.4, -0.2) is 63.5 Å². The molecule has 35 heavy (non-hydrogen) atoms. The third kappa shape index (κ3) is 6.47. The van der Waals surface area contributed by atoms with Crippen LogP contribution in [-0.2, 0) is 20.4 Å². The van der Waals surface area contributed by atoms with Crippen molar-refractivity contribution in [3.8, 4) is 5.75 Å². The van der Waals surface area contributed by atoms with Gasteiger partial charge in [-0.3, -0.25) is 24.6 Å². The van der Waals surface area contributed by atoms with Crippen molar-refractivity contribution in [1.29, 1.82) is 0 Å². The first-order valence-electron chi connectivity index (χ1n) is 11.5. The van der Waals surface area contributed by atoms with Crippen LogP contribution < -0.4 is 15.5 Å². The molecule has 0 spiro atoms. The molecule has 1 aliphatic rings. The monoisotopic (exact) mass is 504 g/mol. The highest BCUT2D eigenvalue weighted by atomic mass is 32.2. The van der Waals surface area contributed by atoms with Crippen molar-refractivity contribution in [2.24, 2.45) is 17.8 Å². The lowest BCUT2D eigenvalue weighted by molar-refractivity contribution is -0.130. The van der Waals surface area contributed by atoms with Crippen molar-refractivity contribution in [3.63, 3.8) is 0 Å². The predicted molar refractivity (Wildman–Crippen MR) is 132 cm³/mol. The molecule has 1 saturated heterocycles. The van der Waals surface area contributed by atoms with Crippen molar-refractivity contribution in [3.05, 3.63) is 30.0 Å². The van der Waals surface area contributed by atoms with Gasteiger partial charge in [0.2, 0.25) is 11.8 Å². The molecule has 10 nitrogen and oxygen atoms in total. The summed E-state index contributed by atoms with van der Waals surface area (Å²) in [7, 11) is -0.335. The number of ether oxygens (including phenoxy) is 1. The molecule has 0 saturated carbocycles. The van der Waals surface area contributed by atoms with Gasteiger partial charge in [-0.25, -0.2) is 9.22 Å². The lowest BCUT2D eigenvalue weighted by Crippen LogP contribution is -2.51. The number of hydrazine groups is 1. The molecule has 1 fully saturated rings. The Balaban J connectivity index is 1.78. The van der Waals surface area contributed by atoms with E-state index in [9.17, 15) is 23.4 Å². The van der Waals surface area contributed by atoms with Crippen LogP contribution in [0, 0.1) is 17.8 Å². The van der Waals surface area contributed by atoms with Gasteiger partial charge >= 0.3 is 5.24 Å². The van der Waals surface area contributed by atoms with Crippen molar-refractivity contribution in [2.45, 2.75) is 33.1 Å². The summed E-state index contributed by atoms with van der Waals surface area (Å²) in [6, 6.07) is 7.15. The van der Waals surface area contributed by atoms with Gasteiger partial charge in [-0.1, -0.05) is 19.9 Å². The smallest absolute Gasteiger partial charge is 0.330 e. The van der Waals surface area contributed by atoms with Gasteiger partial charge in [-0.15, -0.1) is 0 Å². The third-order valence-corrected chi connectivity index (χ3v) is 6.69. The quantitative estimate of drug-likeness (QED) is 0.354. The topological polar surface area (TPSA) is 138 Å². The zero-order valence-corrected chi connectivity index (χ0v) is 21.2. The number of benzene rings is 1. The minimum Gasteiger partial charge on any atom is -0.496 e. The standard InChI is InChI=1S/C24H32N4O6S/c1-14(2)10-16(11-20(29)19-12-17-18(26-19)6-5-7-21(17)34-3)23(31)27-28(24(32)35(4)33)13-15-8-9-25-22(15)30/h5-7,12,14-16,26H,8-11,13H2,1-4H3,(H,25,30)(H,27,31)/t15-,16+,35?/m0/s1. The van der Waals surface area contributed by atoms with Crippen molar-refractivity contribution >= 4 is 44.5 Å². The highest BCUT2D eigenvalue weighted by Gasteiger charge is 2.32. The summed E-state index contributed by atoms with van der Waals surface area (Å²) < 4.78 is 17.2. The van der Waals surface area contributed by atoms with E-state index in [-0.39, 0.29) is 30.6 Å². The summed E-state index contributed by atoms with van der Waals surface area (Å²) in [5.41, 5.74) is 3.64. The number of Topliss-reactive ketones (excluding diaryl/α,β-unsaturated/α-hetero) is 1. The van der Waals surface area contributed by atoms with Crippen LogP contribution in [0.1, 0.15) is 43.6 Å². The number of hydrogen-bond acceptors (Lipinski definition) is 6. The molecule has 0 aliphatic carbocycles. The fraction of sp³-hybridized carbons (Fsp3) is 0.500. The van der Waals surface area contributed by atoms with Crippen LogP contribution in [0.15, 0.2) is 24.3 Å². The number of methoxy groups -OCH3 is 1. The Bertz CT molecular complexity index is 1140. The van der Waals surface area contributed by atoms with Crippen molar-refractivity contribution in [2.75, 3.05) is 26.5 Å². The minimum atomic E-state index is -1.89. The second-order valence-corrected chi connectivity index (χ2v) is 10.4. The Labute approximate surface area is 206 Å². The van der Waals surface area contributed by atoms with E-state index >= 15 is 0 Å². The molecule has 11 heteroatoms. The zero-order chi connectivity index (χ0) is 25.7. The molecular formula is C24H32N4O6S. The van der Waals surface area contributed by atoms with Crippen molar-refractivity contribution in [1.82, 2.24) is 20.7 Å². The van der Waals surface area contributed by atoms with Gasteiger partial charge in [0.25, 0.3) is 0 Å². The second kappa shape index (κ2) is 11.5. The fourth-order valence-corrected chi connectivity index (χ4v) is 4.66. The van der Waals surface area contributed by atoms with Crippen LogP contribution in [0.2, 0.25) is 0 Å². The van der Waals surface area contributed by atoms with Crippen LogP contribution in [0.3, 0.4) is 0 Å². The Kier molecular flexibility index (Phi) is 8.66. The molecule has 3 atom stereocenters. The summed E-state index contributed by atoms with van der Waals surface area (Å²) in [5, 5.41) is 3.61. The fourth-order valence-electron chi connectivity index (χ4n) is 4.23. The average molecular weight is 505 g/mol. The number of amides is 3. The molecule has 1 aliphatic heterocycles. The number of ketones is 1. The number of rotatable bonds is 9. The Morgan fingerprint density at radius 1 is 1.29 bits per heavy atom. The summed E-state index contributed by atoms with van der Waals surface area (Å²) in [6.45, 7) is 4.27. The number of hydrogen-bond donors (Lipinski definition) is 3. The van der Waals surface area contributed by atoms with Gasteiger partial charge in [0, 0.05) is 36.0 Å². The van der Waals surface area contributed by atoms with Crippen LogP contribution in [0.25, 0.3) is 10.9 Å². The minimum absolute atomic E-state index is 0.0830.